The van der Waals surface area contributed by atoms with Crippen LogP contribution in [-0.2, 0) is 14.3 Å². The van der Waals surface area contributed by atoms with E-state index in [-0.39, 0.29) is 26.9 Å². The number of nitrogens with zero attached hydrogens (tertiary/aromatic N) is 1. The number of Topliss-reactive ketones (excluding diaryl/α,β-unsaturated/α-hetero) is 2. The molecule has 174 valence electrons. The van der Waals surface area contributed by atoms with Crippen molar-refractivity contribution in [1.82, 2.24) is 0 Å². The zero-order valence-electron chi connectivity index (χ0n) is 17.7. The quantitative estimate of drug-likeness (QED) is 0.302. The van der Waals surface area contributed by atoms with Crippen molar-refractivity contribution in [2.45, 2.75) is 11.7 Å². The van der Waals surface area contributed by atoms with Crippen LogP contribution in [0.5, 0.6) is 0 Å². The van der Waals surface area contributed by atoms with Gasteiger partial charge in [0.25, 0.3) is 0 Å². The van der Waals surface area contributed by atoms with Crippen LogP contribution >= 0.6 is 39.1 Å². The number of imide groups is 1. The summed E-state index contributed by atoms with van der Waals surface area (Å²) in [6, 6.07) is 17.8. The third-order valence-electron chi connectivity index (χ3n) is 6.87. The molecule has 3 aliphatic rings. The van der Waals surface area contributed by atoms with Gasteiger partial charge in [0.05, 0.1) is 28.6 Å². The molecule has 0 unspecified atom stereocenters. The number of rotatable bonds is 2. The molecule has 2 heterocycles. The van der Waals surface area contributed by atoms with Crippen LogP contribution in [0.1, 0.15) is 32.4 Å². The second-order valence-corrected chi connectivity index (χ2v) is 10.4. The summed E-state index contributed by atoms with van der Waals surface area (Å²) in [5.74, 6) is -5.03. The number of ketones is 2. The average molecular weight is 571 g/mol. The highest BCUT2D eigenvalue weighted by Gasteiger charge is 2.74. The first-order chi connectivity index (χ1) is 16.8. The van der Waals surface area contributed by atoms with Gasteiger partial charge in [-0.2, -0.15) is 0 Å². The van der Waals surface area contributed by atoms with E-state index in [9.17, 15) is 19.2 Å². The van der Waals surface area contributed by atoms with Gasteiger partial charge in [-0.3, -0.25) is 19.2 Å². The molecule has 0 bridgehead atoms. The number of amides is 2. The highest BCUT2D eigenvalue weighted by molar-refractivity contribution is 9.10. The van der Waals surface area contributed by atoms with Crippen molar-refractivity contribution < 1.29 is 23.9 Å². The minimum Gasteiger partial charge on any atom is -0.349 e. The molecular formula is C26H14BrCl2NO5. The lowest BCUT2D eigenvalue weighted by Crippen LogP contribution is -2.51. The Balaban J connectivity index is 1.56. The van der Waals surface area contributed by atoms with Crippen molar-refractivity contribution in [2.24, 2.45) is 11.8 Å². The molecule has 2 fully saturated rings. The van der Waals surface area contributed by atoms with Gasteiger partial charge in [0.1, 0.15) is 0 Å². The van der Waals surface area contributed by atoms with E-state index in [1.165, 1.54) is 30.3 Å². The molecule has 2 saturated heterocycles. The number of fused-ring (bicyclic) bond motifs is 3. The minimum atomic E-state index is -2.14. The van der Waals surface area contributed by atoms with Crippen LogP contribution in [-0.4, -0.2) is 29.0 Å². The molecular weight excluding hydrogens is 557 g/mol. The van der Waals surface area contributed by atoms with Crippen molar-refractivity contribution in [2.75, 3.05) is 4.90 Å². The van der Waals surface area contributed by atoms with Crippen molar-refractivity contribution in [3.63, 3.8) is 0 Å². The van der Waals surface area contributed by atoms with Gasteiger partial charge in [0, 0.05) is 20.6 Å². The summed E-state index contributed by atoms with van der Waals surface area (Å²) in [4.78, 5) is 56.1. The first kappa shape index (κ1) is 22.6. The molecule has 3 aromatic carbocycles. The number of carbonyl (C=O) groups excluding carboxylic acids is 4. The molecule has 6 rings (SSSR count). The van der Waals surface area contributed by atoms with Gasteiger partial charge in [-0.25, -0.2) is 4.90 Å². The molecule has 9 heteroatoms. The van der Waals surface area contributed by atoms with E-state index in [1.807, 2.05) is 0 Å². The van der Waals surface area contributed by atoms with Gasteiger partial charge in [0.2, 0.25) is 29.0 Å². The van der Waals surface area contributed by atoms with Crippen LogP contribution in [0.2, 0.25) is 10.0 Å². The minimum absolute atomic E-state index is 0.101. The van der Waals surface area contributed by atoms with E-state index in [0.29, 0.717) is 5.56 Å². The molecule has 2 amide bonds. The number of carbonyl (C=O) groups is 4. The molecule has 1 spiro atoms. The Morgan fingerprint density at radius 1 is 0.829 bits per heavy atom. The van der Waals surface area contributed by atoms with Crippen LogP contribution in [0, 0.1) is 11.8 Å². The number of halogens is 3. The van der Waals surface area contributed by atoms with E-state index in [2.05, 4.69) is 15.9 Å². The van der Waals surface area contributed by atoms with Crippen molar-refractivity contribution in [3.8, 4) is 0 Å². The first-order valence-corrected chi connectivity index (χ1v) is 12.3. The SMILES string of the molecule is O=C1[C@@H]2[C@H](c3ccc(Br)cc3)OC3(C(=O)c4ccccc4C3=O)[C@H]2C(=O)N1c1cc(Cl)ccc1Cl. The van der Waals surface area contributed by atoms with E-state index < -0.39 is 46.9 Å². The molecule has 0 radical (unpaired) electrons. The fraction of sp³-hybridized carbons (Fsp3) is 0.154. The van der Waals surface area contributed by atoms with Gasteiger partial charge in [0.15, 0.2) is 0 Å². The third-order valence-corrected chi connectivity index (χ3v) is 7.95. The van der Waals surface area contributed by atoms with Gasteiger partial charge < -0.3 is 4.74 Å². The van der Waals surface area contributed by atoms with E-state index in [0.717, 1.165) is 9.37 Å². The third kappa shape index (κ3) is 2.99. The number of ether oxygens (including phenoxy) is 1. The van der Waals surface area contributed by atoms with Gasteiger partial charge >= 0.3 is 0 Å². The highest BCUT2D eigenvalue weighted by Crippen LogP contribution is 2.58. The monoisotopic (exact) mass is 569 g/mol. The van der Waals surface area contributed by atoms with E-state index >= 15 is 0 Å². The van der Waals surface area contributed by atoms with Crippen LogP contribution in [0.4, 0.5) is 5.69 Å². The molecule has 2 aliphatic heterocycles. The average Bonchev–Trinajstić information content (AvgIpc) is 3.41. The maximum atomic E-state index is 13.9. The molecule has 0 N–H and O–H groups in total. The summed E-state index contributed by atoms with van der Waals surface area (Å²) in [5, 5.41) is 0.413. The van der Waals surface area contributed by atoms with Crippen molar-refractivity contribution in [3.05, 3.63) is 97.9 Å². The topological polar surface area (TPSA) is 80.8 Å². The van der Waals surface area contributed by atoms with Crippen LogP contribution < -0.4 is 4.90 Å². The predicted octanol–water partition coefficient (Wildman–Crippen LogP) is 5.45. The summed E-state index contributed by atoms with van der Waals surface area (Å²) in [5.41, 5.74) is -1.13. The van der Waals surface area contributed by atoms with Crippen LogP contribution in [0.25, 0.3) is 0 Å². The Hall–Kier alpha value is -2.84. The fourth-order valence-corrected chi connectivity index (χ4v) is 6.00. The Morgan fingerprint density at radius 3 is 2.09 bits per heavy atom. The second-order valence-electron chi connectivity index (χ2n) is 8.64. The Morgan fingerprint density at radius 2 is 1.46 bits per heavy atom. The Kier molecular flexibility index (Phi) is 5.06. The summed E-state index contributed by atoms with van der Waals surface area (Å²) < 4.78 is 7.05. The van der Waals surface area contributed by atoms with Crippen LogP contribution in [0.3, 0.4) is 0 Å². The Labute approximate surface area is 217 Å². The lowest BCUT2D eigenvalue weighted by atomic mass is 9.77. The normalized spacial score (nSPS) is 24.4. The fourth-order valence-electron chi connectivity index (χ4n) is 5.37. The second kappa shape index (κ2) is 7.83. The lowest BCUT2D eigenvalue weighted by Gasteiger charge is -2.27. The summed E-state index contributed by atoms with van der Waals surface area (Å²) in [6.07, 6.45) is -1.00. The van der Waals surface area contributed by atoms with Crippen LogP contribution in [0.15, 0.2) is 71.2 Å². The predicted molar refractivity (Wildman–Crippen MR) is 132 cm³/mol. The number of hydrogen-bond donors (Lipinski definition) is 0. The zero-order valence-corrected chi connectivity index (χ0v) is 20.8. The lowest BCUT2D eigenvalue weighted by molar-refractivity contribution is -0.127. The van der Waals surface area contributed by atoms with Crippen molar-refractivity contribution >= 4 is 68.2 Å². The zero-order chi connectivity index (χ0) is 24.6. The van der Waals surface area contributed by atoms with Gasteiger partial charge in [-0.1, -0.05) is 75.5 Å². The van der Waals surface area contributed by atoms with E-state index in [1.54, 1.807) is 36.4 Å². The molecule has 3 aromatic rings. The molecule has 0 aromatic heterocycles. The maximum absolute atomic E-state index is 13.9. The smallest absolute Gasteiger partial charge is 0.241 e. The number of hydrogen-bond acceptors (Lipinski definition) is 5. The van der Waals surface area contributed by atoms with Gasteiger partial charge in [-0.05, 0) is 35.9 Å². The summed E-state index contributed by atoms with van der Waals surface area (Å²) in [7, 11) is 0. The van der Waals surface area contributed by atoms with Gasteiger partial charge in [-0.15, -0.1) is 0 Å². The largest absolute Gasteiger partial charge is 0.349 e. The molecule has 6 nitrogen and oxygen atoms in total. The van der Waals surface area contributed by atoms with E-state index in [4.69, 9.17) is 27.9 Å². The highest BCUT2D eigenvalue weighted by atomic mass is 79.9. The number of anilines is 1. The number of benzene rings is 3. The molecule has 3 atom stereocenters. The Bertz CT molecular complexity index is 1440. The first-order valence-electron chi connectivity index (χ1n) is 10.7. The summed E-state index contributed by atoms with van der Waals surface area (Å²) >= 11 is 15.9. The molecule has 1 aliphatic carbocycles. The van der Waals surface area contributed by atoms with Crippen molar-refractivity contribution in [1.29, 1.82) is 0 Å². The summed E-state index contributed by atoms with van der Waals surface area (Å²) in [6.45, 7) is 0. The maximum Gasteiger partial charge on any atom is 0.241 e. The standard InChI is InChI=1S/C26H14BrCl2NO5/c27-13-7-5-12(6-8-13)21-19-20(25(34)30(24(19)33)18-11-14(28)9-10-17(18)29)26(35-21)22(31)15-3-1-2-4-16(15)23(26)32/h1-11,19-21H/t19-,20+,21-/m0/s1. The molecule has 0 saturated carbocycles. The molecule has 35 heavy (non-hydrogen) atoms.